The average Bonchev–Trinajstić information content (AvgIpc) is 2.35. The molecule has 0 radical (unpaired) electrons. The Balaban J connectivity index is 2.49. The first-order valence-electron chi connectivity index (χ1n) is 5.73. The Labute approximate surface area is 103 Å². The van der Waals surface area contributed by atoms with E-state index >= 15 is 0 Å². The number of benzene rings is 2. The lowest BCUT2D eigenvalue weighted by Crippen LogP contribution is -2.08. The van der Waals surface area contributed by atoms with Crippen LogP contribution in [0.2, 0.25) is 0 Å². The van der Waals surface area contributed by atoms with Crippen molar-refractivity contribution >= 4 is 10.8 Å². The van der Waals surface area contributed by atoms with Crippen LogP contribution in [0.3, 0.4) is 0 Å². The normalized spacial score (nSPS) is 13.8. The van der Waals surface area contributed by atoms with Gasteiger partial charge in [-0.15, -0.1) is 0 Å². The van der Waals surface area contributed by atoms with Crippen molar-refractivity contribution in [2.24, 2.45) is 5.73 Å². The molecule has 18 heavy (non-hydrogen) atoms. The van der Waals surface area contributed by atoms with Crippen molar-refractivity contribution in [3.8, 4) is 0 Å². The summed E-state index contributed by atoms with van der Waals surface area (Å²) < 4.78 is 37.7. The summed E-state index contributed by atoms with van der Waals surface area (Å²) in [5.74, 6) is 0.205. The average molecular weight is 253 g/mol. The predicted molar refractivity (Wildman–Crippen MR) is 66.4 cm³/mol. The van der Waals surface area contributed by atoms with Gasteiger partial charge in [0.2, 0.25) is 0 Å². The van der Waals surface area contributed by atoms with E-state index in [9.17, 15) is 13.2 Å². The molecule has 0 heterocycles. The van der Waals surface area contributed by atoms with Gasteiger partial charge >= 0.3 is 6.18 Å². The van der Waals surface area contributed by atoms with Crippen LogP contribution < -0.4 is 5.73 Å². The third kappa shape index (κ3) is 2.48. The molecule has 1 atom stereocenters. The van der Waals surface area contributed by atoms with Gasteiger partial charge in [-0.1, -0.05) is 31.2 Å². The van der Waals surface area contributed by atoms with Crippen molar-refractivity contribution < 1.29 is 13.2 Å². The van der Waals surface area contributed by atoms with Crippen LogP contribution >= 0.6 is 0 Å². The molecule has 2 N–H and O–H groups in total. The molecule has 2 aromatic rings. The highest BCUT2D eigenvalue weighted by Crippen LogP contribution is 2.32. The maximum absolute atomic E-state index is 12.6. The summed E-state index contributed by atoms with van der Waals surface area (Å²) in [5.41, 5.74) is 6.01. The molecule has 1 unspecified atom stereocenters. The summed E-state index contributed by atoms with van der Waals surface area (Å²) in [6, 6.07) is 9.23. The monoisotopic (exact) mass is 253 g/mol. The molecule has 2 aromatic carbocycles. The minimum atomic E-state index is -4.29. The zero-order valence-electron chi connectivity index (χ0n) is 9.96. The molecule has 0 aliphatic rings. The summed E-state index contributed by atoms with van der Waals surface area (Å²) in [4.78, 5) is 0. The molecule has 0 saturated carbocycles. The molecule has 0 aliphatic carbocycles. The summed E-state index contributed by atoms with van der Waals surface area (Å²) in [6.07, 6.45) is -4.29. The van der Waals surface area contributed by atoms with Crippen LogP contribution in [0.15, 0.2) is 36.4 Å². The van der Waals surface area contributed by atoms with Gasteiger partial charge in [0, 0.05) is 0 Å². The molecule has 96 valence electrons. The van der Waals surface area contributed by atoms with Crippen LogP contribution in [0.25, 0.3) is 10.8 Å². The van der Waals surface area contributed by atoms with Crippen molar-refractivity contribution in [1.82, 2.24) is 0 Å². The van der Waals surface area contributed by atoms with Crippen molar-refractivity contribution in [1.29, 1.82) is 0 Å². The predicted octanol–water partition coefficient (Wildman–Crippen LogP) is 3.92. The SMILES string of the molecule is CC(CN)c1ccc2cc(C(F)(F)F)ccc2c1. The number of hydrogen-bond donors (Lipinski definition) is 1. The van der Waals surface area contributed by atoms with Crippen LogP contribution in [0, 0.1) is 0 Å². The van der Waals surface area contributed by atoms with Crippen LogP contribution in [0.1, 0.15) is 24.0 Å². The molecule has 2 rings (SSSR count). The largest absolute Gasteiger partial charge is 0.416 e. The molecule has 0 aromatic heterocycles. The highest BCUT2D eigenvalue weighted by molar-refractivity contribution is 5.84. The highest BCUT2D eigenvalue weighted by Gasteiger charge is 2.30. The maximum Gasteiger partial charge on any atom is 0.416 e. The third-order valence-corrected chi connectivity index (χ3v) is 3.11. The maximum atomic E-state index is 12.6. The fourth-order valence-electron chi connectivity index (χ4n) is 1.88. The van der Waals surface area contributed by atoms with Crippen LogP contribution in [-0.4, -0.2) is 6.54 Å². The van der Waals surface area contributed by atoms with Crippen molar-refractivity contribution in [2.75, 3.05) is 6.54 Å². The van der Waals surface area contributed by atoms with E-state index in [0.29, 0.717) is 11.9 Å². The quantitative estimate of drug-likeness (QED) is 0.862. The van der Waals surface area contributed by atoms with Gasteiger partial charge in [-0.05, 0) is 40.9 Å². The van der Waals surface area contributed by atoms with Crippen LogP contribution in [0.4, 0.5) is 13.2 Å². The molecule has 0 fully saturated rings. The van der Waals surface area contributed by atoms with Crippen LogP contribution in [0.5, 0.6) is 0 Å². The lowest BCUT2D eigenvalue weighted by molar-refractivity contribution is -0.137. The van der Waals surface area contributed by atoms with E-state index in [1.54, 1.807) is 6.07 Å². The van der Waals surface area contributed by atoms with Gasteiger partial charge in [0.15, 0.2) is 0 Å². The van der Waals surface area contributed by atoms with Gasteiger partial charge in [0.1, 0.15) is 0 Å². The third-order valence-electron chi connectivity index (χ3n) is 3.11. The Morgan fingerprint density at radius 2 is 1.67 bits per heavy atom. The van der Waals surface area contributed by atoms with Crippen molar-refractivity contribution in [3.63, 3.8) is 0 Å². The fourth-order valence-corrected chi connectivity index (χ4v) is 1.88. The van der Waals surface area contributed by atoms with E-state index in [4.69, 9.17) is 5.73 Å². The Morgan fingerprint density at radius 1 is 1.06 bits per heavy atom. The van der Waals surface area contributed by atoms with Gasteiger partial charge in [0.05, 0.1) is 5.56 Å². The molecule has 0 bridgehead atoms. The Morgan fingerprint density at radius 3 is 2.28 bits per heavy atom. The Kier molecular flexibility index (Phi) is 3.30. The zero-order chi connectivity index (χ0) is 13.3. The second-order valence-electron chi connectivity index (χ2n) is 4.46. The highest BCUT2D eigenvalue weighted by atomic mass is 19.4. The second-order valence-corrected chi connectivity index (χ2v) is 4.46. The summed E-state index contributed by atoms with van der Waals surface area (Å²) in [6.45, 7) is 2.51. The lowest BCUT2D eigenvalue weighted by Gasteiger charge is -2.11. The summed E-state index contributed by atoms with van der Waals surface area (Å²) in [5, 5.41) is 1.40. The van der Waals surface area contributed by atoms with Crippen molar-refractivity contribution in [3.05, 3.63) is 47.5 Å². The smallest absolute Gasteiger partial charge is 0.330 e. The Hall–Kier alpha value is -1.55. The Bertz CT molecular complexity index is 560. The molecule has 1 nitrogen and oxygen atoms in total. The van der Waals surface area contributed by atoms with E-state index in [1.807, 2.05) is 19.1 Å². The first-order valence-corrected chi connectivity index (χ1v) is 5.73. The first kappa shape index (κ1) is 12.9. The lowest BCUT2D eigenvalue weighted by atomic mass is 9.97. The zero-order valence-corrected chi connectivity index (χ0v) is 9.96. The molecule has 0 saturated heterocycles. The van der Waals surface area contributed by atoms with Gasteiger partial charge < -0.3 is 5.73 Å². The molecule has 4 heteroatoms. The number of nitrogens with two attached hydrogens (primary N) is 1. The molecule has 0 spiro atoms. The van der Waals surface area contributed by atoms with E-state index in [-0.39, 0.29) is 5.92 Å². The number of fused-ring (bicyclic) bond motifs is 1. The van der Waals surface area contributed by atoms with E-state index in [1.165, 1.54) is 12.1 Å². The molecule has 0 aliphatic heterocycles. The number of halogens is 3. The minimum Gasteiger partial charge on any atom is -0.330 e. The first-order chi connectivity index (χ1) is 8.41. The molecular weight excluding hydrogens is 239 g/mol. The number of hydrogen-bond acceptors (Lipinski definition) is 1. The molecular formula is C14H14F3N. The summed E-state index contributed by atoms with van der Waals surface area (Å²) in [7, 11) is 0. The van der Waals surface area contributed by atoms with E-state index in [2.05, 4.69) is 0 Å². The van der Waals surface area contributed by atoms with Gasteiger partial charge in [0.25, 0.3) is 0 Å². The van der Waals surface area contributed by atoms with Gasteiger partial charge in [-0.2, -0.15) is 13.2 Å². The second kappa shape index (κ2) is 4.61. The van der Waals surface area contributed by atoms with Gasteiger partial charge in [-0.3, -0.25) is 0 Å². The number of alkyl halides is 3. The summed E-state index contributed by atoms with van der Waals surface area (Å²) >= 11 is 0. The van der Waals surface area contributed by atoms with Gasteiger partial charge in [-0.25, -0.2) is 0 Å². The standard InChI is InChI=1S/C14H14F3N/c1-9(8-18)10-2-3-12-7-13(14(15,16)17)5-4-11(12)6-10/h2-7,9H,8,18H2,1H3. The minimum absolute atomic E-state index is 0.205. The number of rotatable bonds is 2. The van der Waals surface area contributed by atoms with Crippen LogP contribution in [-0.2, 0) is 6.18 Å². The van der Waals surface area contributed by atoms with E-state index in [0.717, 1.165) is 17.0 Å². The van der Waals surface area contributed by atoms with Crippen molar-refractivity contribution in [2.45, 2.75) is 19.0 Å². The fraction of sp³-hybridized carbons (Fsp3) is 0.286. The topological polar surface area (TPSA) is 26.0 Å². The van der Waals surface area contributed by atoms with E-state index < -0.39 is 11.7 Å². The molecule has 0 amide bonds.